The molecule has 7 aromatic carbocycles. The van der Waals surface area contributed by atoms with Crippen LogP contribution in [0.3, 0.4) is 0 Å². The number of pyridine rings is 1. The topological polar surface area (TPSA) is 61.4 Å². The summed E-state index contributed by atoms with van der Waals surface area (Å²) in [6, 6.07) is 61.3. The quantitative estimate of drug-likeness (QED) is 0.180. The highest BCUT2D eigenvalue weighted by Gasteiger charge is 2.21. The minimum atomic E-state index is 0.589. The maximum Gasteiger partial charge on any atom is 0.164 e. The smallest absolute Gasteiger partial charge is 0.164 e. The van der Waals surface area contributed by atoms with Gasteiger partial charge in [0.25, 0.3) is 0 Å². The lowest BCUT2D eigenvalue weighted by Crippen LogP contribution is -2.02. The van der Waals surface area contributed by atoms with E-state index < -0.39 is 0 Å². The van der Waals surface area contributed by atoms with Crippen LogP contribution >= 0.6 is 0 Å². The first-order chi connectivity index (χ1) is 26.8. The summed E-state index contributed by atoms with van der Waals surface area (Å²) in [6.45, 7) is 0. The van der Waals surface area contributed by atoms with E-state index in [9.17, 15) is 0 Å². The molecule has 0 N–H and O–H groups in total. The Morgan fingerprint density at radius 3 is 1.67 bits per heavy atom. The number of para-hydroxylation sites is 2. The molecule has 0 aliphatic rings. The monoisotopic (exact) mass is 690 g/mol. The minimum absolute atomic E-state index is 0.589. The van der Waals surface area contributed by atoms with Crippen LogP contribution in [0.4, 0.5) is 0 Å². The van der Waals surface area contributed by atoms with Gasteiger partial charge in [0.15, 0.2) is 17.5 Å². The van der Waals surface area contributed by atoms with Crippen LogP contribution in [-0.2, 0) is 0 Å². The van der Waals surface area contributed by atoms with E-state index in [0.29, 0.717) is 17.5 Å². The van der Waals surface area contributed by atoms with Crippen molar-refractivity contribution in [3.8, 4) is 45.7 Å². The highest BCUT2D eigenvalue weighted by Crippen LogP contribution is 2.42. The summed E-state index contributed by atoms with van der Waals surface area (Å²) < 4.78 is 4.67. The number of nitrogens with zero attached hydrogens (tertiary/aromatic N) is 6. The maximum absolute atomic E-state index is 5.02. The van der Waals surface area contributed by atoms with Crippen LogP contribution in [0, 0.1) is 0 Å². The molecule has 0 saturated heterocycles. The second-order valence-electron chi connectivity index (χ2n) is 13.5. The second kappa shape index (κ2) is 12.1. The Morgan fingerprint density at radius 2 is 0.944 bits per heavy atom. The third-order valence-corrected chi connectivity index (χ3v) is 10.4. The fourth-order valence-electron chi connectivity index (χ4n) is 7.97. The zero-order chi connectivity index (χ0) is 35.6. The molecule has 0 aliphatic carbocycles. The van der Waals surface area contributed by atoms with Gasteiger partial charge in [0.1, 0.15) is 5.82 Å². The molecule has 11 rings (SSSR count). The van der Waals surface area contributed by atoms with Crippen molar-refractivity contribution >= 4 is 54.4 Å². The molecule has 0 bridgehead atoms. The zero-order valence-electron chi connectivity index (χ0n) is 29.0. The predicted octanol–water partition coefficient (Wildman–Crippen LogP) is 11.6. The molecule has 252 valence electrons. The Kier molecular flexibility index (Phi) is 6.75. The lowest BCUT2D eigenvalue weighted by Gasteiger charge is -2.11. The van der Waals surface area contributed by atoms with Gasteiger partial charge in [-0.05, 0) is 59.3 Å². The van der Waals surface area contributed by atoms with Gasteiger partial charge < -0.3 is 4.57 Å². The number of hydrogen-bond donors (Lipinski definition) is 0. The Balaban J connectivity index is 1.18. The van der Waals surface area contributed by atoms with Crippen LogP contribution in [0.15, 0.2) is 182 Å². The fourth-order valence-corrected chi connectivity index (χ4v) is 7.97. The van der Waals surface area contributed by atoms with E-state index >= 15 is 0 Å². The van der Waals surface area contributed by atoms with Crippen molar-refractivity contribution in [3.05, 3.63) is 182 Å². The van der Waals surface area contributed by atoms with E-state index in [4.69, 9.17) is 19.9 Å². The number of fused-ring (bicyclic) bond motifs is 8. The van der Waals surface area contributed by atoms with Gasteiger partial charge in [0.05, 0.1) is 22.1 Å². The lowest BCUT2D eigenvalue weighted by atomic mass is 10.0. The van der Waals surface area contributed by atoms with E-state index in [1.54, 1.807) is 0 Å². The molecule has 6 heteroatoms. The van der Waals surface area contributed by atoms with Gasteiger partial charge in [-0.1, -0.05) is 127 Å². The predicted molar refractivity (Wildman–Crippen MR) is 220 cm³/mol. The largest absolute Gasteiger partial charge is 0.309 e. The van der Waals surface area contributed by atoms with Crippen LogP contribution < -0.4 is 0 Å². The third-order valence-electron chi connectivity index (χ3n) is 10.4. The lowest BCUT2D eigenvalue weighted by molar-refractivity contribution is 1.05. The first-order valence-electron chi connectivity index (χ1n) is 18.1. The van der Waals surface area contributed by atoms with Crippen molar-refractivity contribution in [1.82, 2.24) is 29.1 Å². The van der Waals surface area contributed by atoms with E-state index in [2.05, 4.69) is 118 Å². The average Bonchev–Trinajstić information content (AvgIpc) is 3.76. The standard InChI is InChI=1S/C48H30N6/c1-4-15-32(16-5-1)46-50-47(33-17-6-2-7-18-33)52-48(51-46)34-26-27-49-44(28-34)54-40-23-13-12-22-37(40)38-29-39-43(30-42(38)54)53(35-19-8-3-9-20-35)41-25-24-31-14-10-11-21-36(31)45(39)41/h1-30H. The second-order valence-corrected chi connectivity index (χ2v) is 13.5. The van der Waals surface area contributed by atoms with Crippen LogP contribution in [-0.4, -0.2) is 29.1 Å². The Hall–Kier alpha value is -7.44. The van der Waals surface area contributed by atoms with Crippen molar-refractivity contribution in [2.24, 2.45) is 0 Å². The van der Waals surface area contributed by atoms with Crippen LogP contribution in [0.25, 0.3) is 100 Å². The van der Waals surface area contributed by atoms with Crippen LogP contribution in [0.2, 0.25) is 0 Å². The summed E-state index contributed by atoms with van der Waals surface area (Å²) in [5.41, 5.74) is 8.30. The van der Waals surface area contributed by atoms with Crippen molar-refractivity contribution in [1.29, 1.82) is 0 Å². The van der Waals surface area contributed by atoms with E-state index in [0.717, 1.165) is 44.7 Å². The number of benzene rings is 7. The fraction of sp³-hybridized carbons (Fsp3) is 0. The SMILES string of the molecule is c1ccc(-c2nc(-c3ccccc3)nc(-c3ccnc(-n4c5ccccc5c5cc6c7c8ccccc8ccc7n(-c7ccccc7)c6cc54)c3)n2)cc1. The van der Waals surface area contributed by atoms with Crippen molar-refractivity contribution < 1.29 is 0 Å². The summed E-state index contributed by atoms with van der Waals surface area (Å²) in [5.74, 6) is 2.62. The van der Waals surface area contributed by atoms with E-state index in [-0.39, 0.29) is 0 Å². The van der Waals surface area contributed by atoms with E-state index in [1.165, 1.54) is 37.8 Å². The molecule has 0 aliphatic heterocycles. The molecule has 0 radical (unpaired) electrons. The summed E-state index contributed by atoms with van der Waals surface area (Å²) in [7, 11) is 0. The minimum Gasteiger partial charge on any atom is -0.309 e. The molecule has 4 aromatic heterocycles. The van der Waals surface area contributed by atoms with Gasteiger partial charge in [0, 0.05) is 50.1 Å². The molecule has 0 saturated carbocycles. The van der Waals surface area contributed by atoms with Crippen molar-refractivity contribution in [2.75, 3.05) is 0 Å². The first-order valence-corrected chi connectivity index (χ1v) is 18.1. The maximum atomic E-state index is 5.02. The van der Waals surface area contributed by atoms with E-state index in [1.807, 2.05) is 72.9 Å². The molecular weight excluding hydrogens is 661 g/mol. The van der Waals surface area contributed by atoms with Crippen molar-refractivity contribution in [3.63, 3.8) is 0 Å². The summed E-state index contributed by atoms with van der Waals surface area (Å²) in [4.78, 5) is 19.9. The molecule has 0 spiro atoms. The van der Waals surface area contributed by atoms with Gasteiger partial charge in [-0.25, -0.2) is 19.9 Å². The molecule has 11 aromatic rings. The van der Waals surface area contributed by atoms with Gasteiger partial charge in [-0.2, -0.15) is 0 Å². The molecular formula is C48H30N6. The molecule has 0 amide bonds. The number of hydrogen-bond acceptors (Lipinski definition) is 4. The van der Waals surface area contributed by atoms with Crippen LogP contribution in [0.5, 0.6) is 0 Å². The molecule has 6 nitrogen and oxygen atoms in total. The van der Waals surface area contributed by atoms with Gasteiger partial charge in [0.2, 0.25) is 0 Å². The molecule has 0 atom stereocenters. The summed E-state index contributed by atoms with van der Waals surface area (Å²) >= 11 is 0. The van der Waals surface area contributed by atoms with Crippen LogP contribution in [0.1, 0.15) is 0 Å². The third kappa shape index (κ3) is 4.74. The van der Waals surface area contributed by atoms with Gasteiger partial charge >= 0.3 is 0 Å². The molecule has 0 unspecified atom stereocenters. The molecule has 4 heterocycles. The zero-order valence-corrected chi connectivity index (χ0v) is 29.0. The summed E-state index contributed by atoms with van der Waals surface area (Å²) in [5, 5.41) is 7.28. The summed E-state index contributed by atoms with van der Waals surface area (Å²) in [6.07, 6.45) is 1.85. The van der Waals surface area contributed by atoms with Crippen molar-refractivity contribution in [2.45, 2.75) is 0 Å². The molecule has 54 heavy (non-hydrogen) atoms. The van der Waals surface area contributed by atoms with Gasteiger partial charge in [-0.3, -0.25) is 4.57 Å². The molecule has 0 fully saturated rings. The average molecular weight is 691 g/mol. The highest BCUT2D eigenvalue weighted by atomic mass is 15.1. The highest BCUT2D eigenvalue weighted by molar-refractivity contribution is 6.25. The number of aromatic nitrogens is 6. The van der Waals surface area contributed by atoms with Gasteiger partial charge in [-0.15, -0.1) is 0 Å². The first kappa shape index (κ1) is 30.2. The Labute approximate surface area is 310 Å². The number of rotatable bonds is 5. The normalized spacial score (nSPS) is 11.7. The Bertz CT molecular complexity index is 3140. The Morgan fingerprint density at radius 1 is 0.352 bits per heavy atom.